The summed E-state index contributed by atoms with van der Waals surface area (Å²) in [5.74, 6) is -11.7. The molecule has 0 aliphatic rings. The number of anilines is 1. The number of carbonyl (C=O) groups is 1. The standard InChI is InChI=1S/C17H14F5NO/c1-17(2,3)9-6-4-8(5-7-9)16(24)23-15-13(21)11(19)10(18)12(20)14(15)22/h4-7H,1-3H3,(H,23,24). The Hall–Kier alpha value is -2.44. The summed E-state index contributed by atoms with van der Waals surface area (Å²) in [6.07, 6.45) is 0. The van der Waals surface area contributed by atoms with Crippen LogP contribution in [0.15, 0.2) is 24.3 Å². The summed E-state index contributed by atoms with van der Waals surface area (Å²) in [6.45, 7) is 5.87. The van der Waals surface area contributed by atoms with Crippen molar-refractivity contribution >= 4 is 11.6 Å². The molecule has 128 valence electrons. The average Bonchev–Trinajstić information content (AvgIpc) is 2.54. The van der Waals surface area contributed by atoms with Crippen molar-refractivity contribution in [2.45, 2.75) is 26.2 Å². The van der Waals surface area contributed by atoms with E-state index < -0.39 is 40.7 Å². The monoisotopic (exact) mass is 343 g/mol. The Morgan fingerprint density at radius 1 is 0.792 bits per heavy atom. The molecule has 0 saturated heterocycles. The highest BCUT2D eigenvalue weighted by Crippen LogP contribution is 2.28. The molecule has 1 amide bonds. The predicted molar refractivity (Wildman–Crippen MR) is 79.3 cm³/mol. The number of hydrogen-bond acceptors (Lipinski definition) is 1. The number of hydrogen-bond donors (Lipinski definition) is 1. The third-order valence-electron chi connectivity index (χ3n) is 3.46. The van der Waals surface area contributed by atoms with Crippen LogP contribution in [0.5, 0.6) is 0 Å². The van der Waals surface area contributed by atoms with Crippen LogP contribution in [0.3, 0.4) is 0 Å². The molecule has 0 bridgehead atoms. The van der Waals surface area contributed by atoms with Gasteiger partial charge in [-0.1, -0.05) is 32.9 Å². The zero-order valence-corrected chi connectivity index (χ0v) is 13.1. The Bertz CT molecular complexity index is 765. The number of carbonyl (C=O) groups excluding carboxylic acids is 1. The van der Waals surface area contributed by atoms with Crippen molar-refractivity contribution in [2.75, 3.05) is 5.32 Å². The SMILES string of the molecule is CC(C)(C)c1ccc(C(=O)Nc2c(F)c(F)c(F)c(F)c2F)cc1. The van der Waals surface area contributed by atoms with E-state index in [1.165, 1.54) is 12.1 Å². The first-order valence-corrected chi connectivity index (χ1v) is 6.97. The zero-order valence-electron chi connectivity index (χ0n) is 13.1. The Labute approximate surface area is 135 Å². The third kappa shape index (κ3) is 3.25. The minimum atomic E-state index is -2.28. The molecule has 0 heterocycles. The molecule has 0 saturated carbocycles. The van der Waals surface area contributed by atoms with Crippen molar-refractivity contribution in [3.05, 3.63) is 64.5 Å². The average molecular weight is 343 g/mol. The summed E-state index contributed by atoms with van der Waals surface area (Å²) in [7, 11) is 0. The van der Waals surface area contributed by atoms with Crippen molar-refractivity contribution in [1.29, 1.82) is 0 Å². The largest absolute Gasteiger partial charge is 0.317 e. The van der Waals surface area contributed by atoms with Gasteiger partial charge in [-0.25, -0.2) is 22.0 Å². The van der Waals surface area contributed by atoms with Crippen LogP contribution < -0.4 is 5.32 Å². The number of amides is 1. The predicted octanol–water partition coefficient (Wildman–Crippen LogP) is 4.93. The molecule has 7 heteroatoms. The summed E-state index contributed by atoms with van der Waals surface area (Å²) in [5, 5.41) is 1.73. The molecule has 2 rings (SSSR count). The van der Waals surface area contributed by atoms with Gasteiger partial charge in [-0.15, -0.1) is 0 Å². The lowest BCUT2D eigenvalue weighted by Gasteiger charge is -2.19. The van der Waals surface area contributed by atoms with Crippen LogP contribution in [-0.2, 0) is 5.41 Å². The number of nitrogens with one attached hydrogen (secondary N) is 1. The smallest absolute Gasteiger partial charge is 0.255 e. The van der Waals surface area contributed by atoms with Crippen molar-refractivity contribution in [2.24, 2.45) is 0 Å². The van der Waals surface area contributed by atoms with Crippen LogP contribution in [0.4, 0.5) is 27.6 Å². The first kappa shape index (κ1) is 17.9. The highest BCUT2D eigenvalue weighted by molar-refractivity contribution is 6.04. The number of rotatable bonds is 2. The molecule has 0 aliphatic heterocycles. The van der Waals surface area contributed by atoms with Crippen LogP contribution >= 0.6 is 0 Å². The fraction of sp³-hybridized carbons (Fsp3) is 0.235. The number of halogens is 5. The molecule has 2 nitrogen and oxygen atoms in total. The molecule has 24 heavy (non-hydrogen) atoms. The molecule has 0 aliphatic carbocycles. The molecule has 0 fully saturated rings. The molecule has 1 N–H and O–H groups in total. The van der Waals surface area contributed by atoms with Gasteiger partial charge in [-0.3, -0.25) is 4.79 Å². The Balaban J connectivity index is 2.34. The fourth-order valence-corrected chi connectivity index (χ4v) is 2.02. The van der Waals surface area contributed by atoms with E-state index >= 15 is 0 Å². The van der Waals surface area contributed by atoms with Crippen LogP contribution in [-0.4, -0.2) is 5.91 Å². The summed E-state index contributed by atoms with van der Waals surface area (Å²) in [5.41, 5.74) is -0.616. The second kappa shape index (κ2) is 6.22. The van der Waals surface area contributed by atoms with Gasteiger partial charge in [0.2, 0.25) is 5.82 Å². The maximum absolute atomic E-state index is 13.6. The molecule has 0 radical (unpaired) electrons. The maximum atomic E-state index is 13.6. The Morgan fingerprint density at radius 2 is 1.21 bits per heavy atom. The quantitative estimate of drug-likeness (QED) is 0.467. The van der Waals surface area contributed by atoms with Gasteiger partial charge in [-0.2, -0.15) is 0 Å². The fourth-order valence-electron chi connectivity index (χ4n) is 2.02. The van der Waals surface area contributed by atoms with Gasteiger partial charge in [-0.05, 0) is 23.1 Å². The van der Waals surface area contributed by atoms with Crippen LogP contribution in [0.2, 0.25) is 0 Å². The van der Waals surface area contributed by atoms with E-state index in [-0.39, 0.29) is 11.0 Å². The van der Waals surface area contributed by atoms with E-state index in [2.05, 4.69) is 0 Å². The van der Waals surface area contributed by atoms with Crippen molar-refractivity contribution in [3.63, 3.8) is 0 Å². The van der Waals surface area contributed by atoms with Gasteiger partial charge in [0.25, 0.3) is 5.91 Å². The number of benzene rings is 2. The summed E-state index contributed by atoms with van der Waals surface area (Å²) in [6, 6.07) is 6.10. The molecule has 0 spiro atoms. The van der Waals surface area contributed by atoms with E-state index in [4.69, 9.17) is 0 Å². The third-order valence-corrected chi connectivity index (χ3v) is 3.46. The van der Waals surface area contributed by atoms with Gasteiger partial charge >= 0.3 is 0 Å². The van der Waals surface area contributed by atoms with Crippen molar-refractivity contribution < 1.29 is 26.7 Å². The molecule has 0 aromatic heterocycles. The Morgan fingerprint density at radius 3 is 1.62 bits per heavy atom. The zero-order chi connectivity index (χ0) is 18.2. The lowest BCUT2D eigenvalue weighted by Crippen LogP contribution is -2.17. The lowest BCUT2D eigenvalue weighted by atomic mass is 9.87. The lowest BCUT2D eigenvalue weighted by molar-refractivity contribution is 0.102. The van der Waals surface area contributed by atoms with Crippen molar-refractivity contribution in [1.82, 2.24) is 0 Å². The molecular weight excluding hydrogens is 329 g/mol. The summed E-state index contributed by atoms with van der Waals surface area (Å²) in [4.78, 5) is 12.0. The van der Waals surface area contributed by atoms with Gasteiger partial charge < -0.3 is 5.32 Å². The van der Waals surface area contributed by atoms with Crippen LogP contribution in [0, 0.1) is 29.1 Å². The molecule has 2 aromatic carbocycles. The first-order chi connectivity index (χ1) is 11.0. The van der Waals surface area contributed by atoms with Crippen LogP contribution in [0.1, 0.15) is 36.7 Å². The molecule has 0 unspecified atom stereocenters. The topological polar surface area (TPSA) is 29.1 Å². The van der Waals surface area contributed by atoms with Crippen molar-refractivity contribution in [3.8, 4) is 0 Å². The highest BCUT2D eigenvalue weighted by Gasteiger charge is 2.27. The van der Waals surface area contributed by atoms with Gasteiger partial charge in [0.05, 0.1) is 0 Å². The second-order valence-electron chi connectivity index (χ2n) is 6.23. The first-order valence-electron chi connectivity index (χ1n) is 6.97. The molecule has 2 aromatic rings. The summed E-state index contributed by atoms with van der Waals surface area (Å²) < 4.78 is 66.4. The highest BCUT2D eigenvalue weighted by atomic mass is 19.2. The Kier molecular flexibility index (Phi) is 4.64. The van der Waals surface area contributed by atoms with E-state index in [0.717, 1.165) is 5.56 Å². The van der Waals surface area contributed by atoms with Crippen LogP contribution in [0.25, 0.3) is 0 Å². The minimum Gasteiger partial charge on any atom is -0.317 e. The maximum Gasteiger partial charge on any atom is 0.255 e. The van der Waals surface area contributed by atoms with Gasteiger partial charge in [0.1, 0.15) is 5.69 Å². The van der Waals surface area contributed by atoms with Gasteiger partial charge in [0.15, 0.2) is 23.3 Å². The molecule has 0 atom stereocenters. The van der Waals surface area contributed by atoms with E-state index in [9.17, 15) is 26.7 Å². The second-order valence-corrected chi connectivity index (χ2v) is 6.23. The summed E-state index contributed by atoms with van der Waals surface area (Å²) >= 11 is 0. The van der Waals surface area contributed by atoms with E-state index in [0.29, 0.717) is 0 Å². The van der Waals surface area contributed by atoms with E-state index in [1.807, 2.05) is 20.8 Å². The normalized spacial score (nSPS) is 11.5. The van der Waals surface area contributed by atoms with E-state index in [1.54, 1.807) is 17.4 Å². The van der Waals surface area contributed by atoms with Gasteiger partial charge in [0, 0.05) is 5.56 Å². The molecular formula is C17H14F5NO. The minimum absolute atomic E-state index is 0.0203.